The zero-order valence-corrected chi connectivity index (χ0v) is 17.6. The summed E-state index contributed by atoms with van der Waals surface area (Å²) in [6.07, 6.45) is 4.97. The number of rotatable bonds is 5. The lowest BCUT2D eigenvalue weighted by Gasteiger charge is -2.41. The van der Waals surface area contributed by atoms with Crippen molar-refractivity contribution < 1.29 is 14.3 Å². The molecular weight excluding hydrogens is 352 g/mol. The van der Waals surface area contributed by atoms with Gasteiger partial charge in [0.1, 0.15) is 0 Å². The van der Waals surface area contributed by atoms with Crippen LogP contribution in [0.5, 0.6) is 0 Å². The van der Waals surface area contributed by atoms with Crippen LogP contribution in [-0.4, -0.2) is 37.6 Å². The van der Waals surface area contributed by atoms with Crippen LogP contribution in [0.2, 0.25) is 0 Å². The van der Waals surface area contributed by atoms with Crippen LogP contribution in [0.15, 0.2) is 24.3 Å². The van der Waals surface area contributed by atoms with E-state index in [1.165, 1.54) is 5.56 Å². The van der Waals surface area contributed by atoms with E-state index in [-0.39, 0.29) is 35.3 Å². The molecule has 154 valence electrons. The average molecular weight is 387 g/mol. The second-order valence-electron chi connectivity index (χ2n) is 9.35. The van der Waals surface area contributed by atoms with Gasteiger partial charge < -0.3 is 15.4 Å². The van der Waals surface area contributed by atoms with E-state index in [9.17, 15) is 9.59 Å². The van der Waals surface area contributed by atoms with Crippen molar-refractivity contribution in [3.8, 4) is 0 Å². The predicted molar refractivity (Wildman–Crippen MR) is 110 cm³/mol. The van der Waals surface area contributed by atoms with Crippen molar-refractivity contribution in [2.45, 2.75) is 70.4 Å². The van der Waals surface area contributed by atoms with Gasteiger partial charge in [-0.1, -0.05) is 32.9 Å². The van der Waals surface area contributed by atoms with Gasteiger partial charge in [0.2, 0.25) is 5.91 Å². The van der Waals surface area contributed by atoms with E-state index in [2.05, 4.69) is 31.4 Å². The number of hydrogen-bond acceptors (Lipinski definition) is 3. The highest BCUT2D eigenvalue weighted by Gasteiger charge is 2.39. The minimum Gasteiger partial charge on any atom is -0.381 e. The molecule has 1 aromatic carbocycles. The van der Waals surface area contributed by atoms with Crippen LogP contribution in [0.3, 0.4) is 0 Å². The van der Waals surface area contributed by atoms with Gasteiger partial charge in [0.25, 0.3) is 5.91 Å². The van der Waals surface area contributed by atoms with Crippen LogP contribution >= 0.6 is 0 Å². The standard InChI is InChI=1S/C23H34N2O3/c1-23(2,3)18-8-5-15(6-9-18)21(26)24-12-11-17-13-16-7-10-19(28-4)14-20(16)25-22(17)27/h5-6,8-9,16-17,19-20H,7,10-14H2,1-4H3,(H,24,26)(H,25,27). The predicted octanol–water partition coefficient (Wildman–Crippen LogP) is 3.42. The van der Waals surface area contributed by atoms with Crippen molar-refractivity contribution in [2.75, 3.05) is 13.7 Å². The number of fused-ring (bicyclic) bond motifs is 1. The third kappa shape index (κ3) is 4.93. The largest absolute Gasteiger partial charge is 0.381 e. The van der Waals surface area contributed by atoms with E-state index in [1.807, 2.05) is 24.3 Å². The molecule has 0 radical (unpaired) electrons. The molecule has 1 heterocycles. The molecule has 1 saturated heterocycles. The van der Waals surface area contributed by atoms with Crippen molar-refractivity contribution in [2.24, 2.45) is 11.8 Å². The van der Waals surface area contributed by atoms with Crippen LogP contribution in [0.25, 0.3) is 0 Å². The van der Waals surface area contributed by atoms with Gasteiger partial charge in [-0.05, 0) is 61.1 Å². The number of piperidine rings is 1. The molecule has 0 spiro atoms. The van der Waals surface area contributed by atoms with E-state index in [0.717, 1.165) is 25.7 Å². The van der Waals surface area contributed by atoms with Gasteiger partial charge in [0.05, 0.1) is 6.10 Å². The zero-order chi connectivity index (χ0) is 20.3. The molecule has 1 saturated carbocycles. The number of carbonyl (C=O) groups excluding carboxylic acids is 2. The number of carbonyl (C=O) groups is 2. The van der Waals surface area contributed by atoms with Crippen LogP contribution in [-0.2, 0) is 14.9 Å². The first-order valence-electron chi connectivity index (χ1n) is 10.5. The molecule has 4 atom stereocenters. The molecule has 2 fully saturated rings. The van der Waals surface area contributed by atoms with Gasteiger partial charge in [-0.3, -0.25) is 9.59 Å². The Kier molecular flexibility index (Phi) is 6.43. The lowest BCUT2D eigenvalue weighted by atomic mass is 9.74. The Balaban J connectivity index is 1.47. The maximum Gasteiger partial charge on any atom is 0.251 e. The number of amides is 2. The third-order valence-corrected chi connectivity index (χ3v) is 6.36. The highest BCUT2D eigenvalue weighted by atomic mass is 16.5. The zero-order valence-electron chi connectivity index (χ0n) is 17.6. The van der Waals surface area contributed by atoms with Gasteiger partial charge >= 0.3 is 0 Å². The Morgan fingerprint density at radius 2 is 1.89 bits per heavy atom. The summed E-state index contributed by atoms with van der Waals surface area (Å²) >= 11 is 0. The average Bonchev–Trinajstić information content (AvgIpc) is 2.67. The van der Waals surface area contributed by atoms with E-state index >= 15 is 0 Å². The van der Waals surface area contributed by atoms with Crippen LogP contribution in [0.4, 0.5) is 0 Å². The molecular formula is C23H34N2O3. The Labute approximate surface area is 168 Å². The van der Waals surface area contributed by atoms with E-state index in [1.54, 1.807) is 7.11 Å². The maximum atomic E-state index is 12.5. The van der Waals surface area contributed by atoms with E-state index in [0.29, 0.717) is 24.4 Å². The molecule has 1 aromatic rings. The monoisotopic (exact) mass is 386 g/mol. The fraction of sp³-hybridized carbons (Fsp3) is 0.652. The molecule has 5 heteroatoms. The first kappa shape index (κ1) is 20.8. The maximum absolute atomic E-state index is 12.5. The quantitative estimate of drug-likeness (QED) is 0.815. The van der Waals surface area contributed by atoms with Gasteiger partial charge in [-0.2, -0.15) is 0 Å². The third-order valence-electron chi connectivity index (χ3n) is 6.36. The molecule has 28 heavy (non-hydrogen) atoms. The number of benzene rings is 1. The summed E-state index contributed by atoms with van der Waals surface area (Å²) in [5.74, 6) is 0.579. The first-order valence-corrected chi connectivity index (χ1v) is 10.5. The fourth-order valence-corrected chi connectivity index (χ4v) is 4.47. The van der Waals surface area contributed by atoms with Crippen LogP contribution in [0.1, 0.15) is 68.8 Å². The van der Waals surface area contributed by atoms with Crippen molar-refractivity contribution in [1.29, 1.82) is 0 Å². The topological polar surface area (TPSA) is 67.4 Å². The van der Waals surface area contributed by atoms with Crippen LogP contribution in [0, 0.1) is 11.8 Å². The summed E-state index contributed by atoms with van der Waals surface area (Å²) in [6, 6.07) is 8.03. The molecule has 0 aromatic heterocycles. The SMILES string of the molecule is COC1CCC2CC(CCNC(=O)c3ccc(C(C)(C)C)cc3)C(=O)NC2C1. The second-order valence-corrected chi connectivity index (χ2v) is 9.35. The second kappa shape index (κ2) is 8.64. The van der Waals surface area contributed by atoms with Gasteiger partial charge in [0, 0.05) is 31.2 Å². The summed E-state index contributed by atoms with van der Waals surface area (Å²) in [4.78, 5) is 24.9. The molecule has 0 bridgehead atoms. The molecule has 2 amide bonds. The summed E-state index contributed by atoms with van der Waals surface area (Å²) < 4.78 is 5.46. The highest BCUT2D eigenvalue weighted by Crippen LogP contribution is 2.35. The summed E-state index contributed by atoms with van der Waals surface area (Å²) in [6.45, 7) is 6.99. The molecule has 4 unspecified atom stereocenters. The van der Waals surface area contributed by atoms with Crippen molar-refractivity contribution in [1.82, 2.24) is 10.6 Å². The number of hydrogen-bond donors (Lipinski definition) is 2. The summed E-state index contributed by atoms with van der Waals surface area (Å²) in [7, 11) is 1.75. The molecule has 3 rings (SSSR count). The van der Waals surface area contributed by atoms with Gasteiger partial charge in [-0.25, -0.2) is 0 Å². The lowest BCUT2D eigenvalue weighted by Crippen LogP contribution is -2.53. The Morgan fingerprint density at radius 1 is 1.18 bits per heavy atom. The smallest absolute Gasteiger partial charge is 0.251 e. The van der Waals surface area contributed by atoms with Crippen molar-refractivity contribution in [3.63, 3.8) is 0 Å². The minimum atomic E-state index is -0.0739. The number of methoxy groups -OCH3 is 1. The first-order chi connectivity index (χ1) is 13.3. The fourth-order valence-electron chi connectivity index (χ4n) is 4.47. The summed E-state index contributed by atoms with van der Waals surface area (Å²) in [5, 5.41) is 6.17. The van der Waals surface area contributed by atoms with Crippen molar-refractivity contribution >= 4 is 11.8 Å². The van der Waals surface area contributed by atoms with Crippen molar-refractivity contribution in [3.05, 3.63) is 35.4 Å². The van der Waals surface area contributed by atoms with E-state index < -0.39 is 0 Å². The van der Waals surface area contributed by atoms with Crippen LogP contribution < -0.4 is 10.6 Å². The van der Waals surface area contributed by atoms with E-state index in [4.69, 9.17) is 4.74 Å². The number of ether oxygens (including phenoxy) is 1. The molecule has 5 nitrogen and oxygen atoms in total. The Morgan fingerprint density at radius 3 is 2.54 bits per heavy atom. The molecule has 2 aliphatic rings. The lowest BCUT2D eigenvalue weighted by molar-refractivity contribution is -0.131. The highest BCUT2D eigenvalue weighted by molar-refractivity contribution is 5.94. The Bertz CT molecular complexity index is 693. The Hall–Kier alpha value is -1.88. The molecule has 2 N–H and O–H groups in total. The normalized spacial score (nSPS) is 27.6. The van der Waals surface area contributed by atoms with Gasteiger partial charge in [-0.15, -0.1) is 0 Å². The molecule has 1 aliphatic heterocycles. The van der Waals surface area contributed by atoms with Gasteiger partial charge in [0.15, 0.2) is 0 Å². The minimum absolute atomic E-state index is 0.0103. The molecule has 1 aliphatic carbocycles. The number of nitrogens with one attached hydrogen (secondary N) is 2. The summed E-state index contributed by atoms with van der Waals surface area (Å²) in [5.41, 5.74) is 1.95.